The van der Waals surface area contributed by atoms with Crippen LogP contribution >= 0.6 is 7.14 Å². The van der Waals surface area contributed by atoms with Gasteiger partial charge in [0.2, 0.25) is 0 Å². The Morgan fingerprint density at radius 3 is 1.39 bits per heavy atom. The predicted molar refractivity (Wildman–Crippen MR) is 100 cm³/mol. The molecule has 0 bridgehead atoms. The molecule has 23 heavy (non-hydrogen) atoms. The van der Waals surface area contributed by atoms with Gasteiger partial charge >= 0.3 is 0 Å². The molecule has 0 heterocycles. The molecule has 0 unspecified atom stereocenters. The van der Waals surface area contributed by atoms with E-state index in [4.69, 9.17) is 0 Å². The highest BCUT2D eigenvalue weighted by molar-refractivity contribution is 7.85. The van der Waals surface area contributed by atoms with Crippen molar-refractivity contribution in [2.45, 2.75) is 0 Å². The van der Waals surface area contributed by atoms with Gasteiger partial charge in [-0.2, -0.15) is 0 Å². The summed E-state index contributed by atoms with van der Waals surface area (Å²) in [6, 6.07) is 27.5. The summed E-state index contributed by atoms with van der Waals surface area (Å²) in [5.41, 5.74) is 1.10. The molecule has 3 aromatic rings. The second-order valence-electron chi connectivity index (χ2n) is 5.69. The molecule has 2 nitrogen and oxygen atoms in total. The van der Waals surface area contributed by atoms with E-state index < -0.39 is 7.14 Å². The van der Waals surface area contributed by atoms with E-state index in [0.717, 1.165) is 21.6 Å². The molecule has 0 fully saturated rings. The minimum Gasteiger partial charge on any atom is -0.378 e. The predicted octanol–water partition coefficient (Wildman–Crippen LogP) is 3.39. The third-order valence-electron chi connectivity index (χ3n) is 3.97. The Morgan fingerprint density at radius 2 is 1.00 bits per heavy atom. The summed E-state index contributed by atoms with van der Waals surface area (Å²) in [5.74, 6) is 0. The molecule has 0 atom stereocenters. The third-order valence-corrected chi connectivity index (χ3v) is 7.05. The first-order valence-electron chi connectivity index (χ1n) is 7.61. The van der Waals surface area contributed by atoms with Crippen molar-refractivity contribution < 1.29 is 4.57 Å². The average molecular weight is 321 g/mol. The lowest BCUT2D eigenvalue weighted by molar-refractivity contribution is 0.592. The van der Waals surface area contributed by atoms with Crippen LogP contribution in [0.4, 0.5) is 5.69 Å². The largest absolute Gasteiger partial charge is 0.378 e. The highest BCUT2D eigenvalue weighted by Gasteiger charge is 2.29. The summed E-state index contributed by atoms with van der Waals surface area (Å²) in [6.45, 7) is 0. The fourth-order valence-corrected chi connectivity index (χ4v) is 5.33. The standard InChI is InChI=1S/C20H20NOP/c1-21(2)17-13-15-20(16-14-17)23(22,18-9-5-3-6-10-18)19-11-7-4-8-12-19/h3-16H,1-2H3. The van der Waals surface area contributed by atoms with E-state index in [1.807, 2.05) is 104 Å². The maximum Gasteiger partial charge on any atom is 0.171 e. The van der Waals surface area contributed by atoms with Crippen LogP contribution in [0.15, 0.2) is 84.9 Å². The molecule has 0 aliphatic rings. The smallest absolute Gasteiger partial charge is 0.171 e. The summed E-state index contributed by atoms with van der Waals surface area (Å²) < 4.78 is 14.1. The van der Waals surface area contributed by atoms with Crippen LogP contribution in [0.5, 0.6) is 0 Å². The molecule has 3 heteroatoms. The Balaban J connectivity index is 2.19. The molecular formula is C20H20NOP. The lowest BCUT2D eigenvalue weighted by Crippen LogP contribution is -2.25. The topological polar surface area (TPSA) is 20.3 Å². The van der Waals surface area contributed by atoms with Gasteiger partial charge in [-0.05, 0) is 24.3 Å². The Labute approximate surface area is 137 Å². The fourth-order valence-electron chi connectivity index (χ4n) is 2.68. The van der Waals surface area contributed by atoms with Crippen molar-refractivity contribution in [3.05, 3.63) is 84.9 Å². The third kappa shape index (κ3) is 2.95. The van der Waals surface area contributed by atoms with Crippen molar-refractivity contribution >= 4 is 28.7 Å². The number of hydrogen-bond donors (Lipinski definition) is 0. The summed E-state index contributed by atoms with van der Waals surface area (Å²) in [5, 5.41) is 2.59. The molecule has 0 aromatic heterocycles. The summed E-state index contributed by atoms with van der Waals surface area (Å²) in [4.78, 5) is 2.04. The maximum absolute atomic E-state index is 14.1. The van der Waals surface area contributed by atoms with Crippen molar-refractivity contribution in [3.63, 3.8) is 0 Å². The van der Waals surface area contributed by atoms with E-state index in [-0.39, 0.29) is 0 Å². The number of nitrogens with zero attached hydrogens (tertiary/aromatic N) is 1. The average Bonchev–Trinajstić information content (AvgIpc) is 2.62. The number of anilines is 1. The zero-order valence-electron chi connectivity index (χ0n) is 13.4. The summed E-state index contributed by atoms with van der Waals surface area (Å²) in [6.07, 6.45) is 0. The van der Waals surface area contributed by atoms with E-state index in [0.29, 0.717) is 0 Å². The van der Waals surface area contributed by atoms with E-state index >= 15 is 0 Å². The normalized spacial score (nSPS) is 11.2. The monoisotopic (exact) mass is 321 g/mol. The van der Waals surface area contributed by atoms with Crippen LogP contribution in [0, 0.1) is 0 Å². The molecule has 0 saturated heterocycles. The second-order valence-corrected chi connectivity index (χ2v) is 8.46. The first-order chi connectivity index (χ1) is 11.1. The molecular weight excluding hydrogens is 301 g/mol. The summed E-state index contributed by atoms with van der Waals surface area (Å²) in [7, 11) is 1.16. The molecule has 0 aliphatic carbocycles. The van der Waals surface area contributed by atoms with Gasteiger partial charge in [-0.25, -0.2) is 0 Å². The van der Waals surface area contributed by atoms with Crippen LogP contribution in [-0.4, -0.2) is 14.1 Å². The van der Waals surface area contributed by atoms with Gasteiger partial charge in [-0.1, -0.05) is 60.7 Å². The van der Waals surface area contributed by atoms with Crippen LogP contribution in [-0.2, 0) is 4.57 Å². The first-order valence-corrected chi connectivity index (χ1v) is 9.32. The minimum atomic E-state index is -2.85. The maximum atomic E-state index is 14.1. The van der Waals surface area contributed by atoms with E-state index in [1.165, 1.54) is 0 Å². The van der Waals surface area contributed by atoms with Crippen LogP contribution in [0.1, 0.15) is 0 Å². The molecule has 0 spiro atoms. The van der Waals surface area contributed by atoms with Gasteiger partial charge in [0.1, 0.15) is 0 Å². The quantitative estimate of drug-likeness (QED) is 0.687. The van der Waals surface area contributed by atoms with Gasteiger partial charge in [-0.3, -0.25) is 0 Å². The van der Waals surface area contributed by atoms with Gasteiger partial charge in [0.05, 0.1) is 0 Å². The van der Waals surface area contributed by atoms with Crippen molar-refractivity contribution in [2.24, 2.45) is 0 Å². The van der Waals surface area contributed by atoms with Gasteiger partial charge < -0.3 is 9.46 Å². The minimum absolute atomic E-state index is 0.862. The van der Waals surface area contributed by atoms with Crippen molar-refractivity contribution in [1.82, 2.24) is 0 Å². The highest BCUT2D eigenvalue weighted by atomic mass is 31.2. The van der Waals surface area contributed by atoms with Crippen LogP contribution in [0.2, 0.25) is 0 Å². The second kappa shape index (κ2) is 6.44. The van der Waals surface area contributed by atoms with E-state index in [1.54, 1.807) is 0 Å². The molecule has 3 rings (SSSR count). The van der Waals surface area contributed by atoms with Gasteiger partial charge in [0.25, 0.3) is 0 Å². The number of rotatable bonds is 4. The van der Waals surface area contributed by atoms with E-state index in [9.17, 15) is 4.57 Å². The van der Waals surface area contributed by atoms with Crippen molar-refractivity contribution in [1.29, 1.82) is 0 Å². The molecule has 0 amide bonds. The molecule has 116 valence electrons. The van der Waals surface area contributed by atoms with Crippen molar-refractivity contribution in [3.8, 4) is 0 Å². The van der Waals surface area contributed by atoms with Crippen LogP contribution in [0.25, 0.3) is 0 Å². The molecule has 0 radical (unpaired) electrons. The SMILES string of the molecule is CN(C)c1ccc(P(=O)(c2ccccc2)c2ccccc2)cc1. The van der Waals surface area contributed by atoms with Crippen LogP contribution in [0.3, 0.4) is 0 Å². The lowest BCUT2D eigenvalue weighted by Gasteiger charge is -2.21. The Morgan fingerprint density at radius 1 is 0.609 bits per heavy atom. The Bertz CT molecular complexity index is 768. The van der Waals surface area contributed by atoms with Crippen molar-refractivity contribution in [2.75, 3.05) is 19.0 Å². The lowest BCUT2D eigenvalue weighted by atomic mass is 10.3. The van der Waals surface area contributed by atoms with Gasteiger partial charge in [0.15, 0.2) is 7.14 Å². The molecule has 0 saturated carbocycles. The summed E-state index contributed by atoms with van der Waals surface area (Å²) >= 11 is 0. The van der Waals surface area contributed by atoms with E-state index in [2.05, 4.69) is 0 Å². The molecule has 0 aliphatic heterocycles. The van der Waals surface area contributed by atoms with Gasteiger partial charge in [0, 0.05) is 35.7 Å². The zero-order valence-corrected chi connectivity index (χ0v) is 14.3. The number of hydrogen-bond acceptors (Lipinski definition) is 2. The first kappa shape index (κ1) is 15.6. The molecule has 3 aromatic carbocycles. The zero-order chi connectivity index (χ0) is 16.3. The number of benzene rings is 3. The van der Waals surface area contributed by atoms with Crippen LogP contribution < -0.4 is 20.8 Å². The molecule has 0 N–H and O–H groups in total. The highest BCUT2D eigenvalue weighted by Crippen LogP contribution is 2.42. The fraction of sp³-hybridized carbons (Fsp3) is 0.100. The Hall–Kier alpha value is -2.31. The van der Waals surface area contributed by atoms with Gasteiger partial charge in [-0.15, -0.1) is 0 Å². The Kier molecular flexibility index (Phi) is 4.36.